The van der Waals surface area contributed by atoms with E-state index in [-0.39, 0.29) is 11.1 Å². The van der Waals surface area contributed by atoms with Crippen LogP contribution in [-0.2, 0) is 6.18 Å². The van der Waals surface area contributed by atoms with Gasteiger partial charge in [0.25, 0.3) is 0 Å². The number of hydrogen-bond donors (Lipinski definition) is 0. The summed E-state index contributed by atoms with van der Waals surface area (Å²) in [6.07, 6.45) is -3.00. The van der Waals surface area contributed by atoms with E-state index < -0.39 is 11.7 Å². The highest BCUT2D eigenvalue weighted by molar-refractivity contribution is 5.91. The molecule has 0 bridgehead atoms. The minimum atomic E-state index is -4.50. The molecule has 0 spiro atoms. The Morgan fingerprint density at radius 2 is 1.63 bits per heavy atom. The quantitative estimate of drug-likeness (QED) is 0.587. The third-order valence-corrected chi connectivity index (χ3v) is 4.72. The first-order valence-corrected chi connectivity index (χ1v) is 8.70. The van der Waals surface area contributed by atoms with E-state index in [1.807, 2.05) is 30.3 Å². The number of piperazine rings is 1. The second-order valence-electron chi connectivity index (χ2n) is 6.60. The molecule has 140 valence electrons. The van der Waals surface area contributed by atoms with Crippen molar-refractivity contribution in [2.45, 2.75) is 6.18 Å². The van der Waals surface area contributed by atoms with Crippen LogP contribution < -0.4 is 4.90 Å². The number of halogens is 3. The molecule has 1 heterocycles. The monoisotopic (exact) mass is 371 g/mol. The predicted octanol–water partition coefficient (Wildman–Crippen LogP) is 4.52. The summed E-state index contributed by atoms with van der Waals surface area (Å²) in [6.45, 7) is 3.87. The lowest BCUT2D eigenvalue weighted by Gasteiger charge is -2.34. The van der Waals surface area contributed by atoms with Gasteiger partial charge in [-0.25, -0.2) is 0 Å². The summed E-state index contributed by atoms with van der Waals surface area (Å²) in [7, 11) is 2.09. The molecule has 0 radical (unpaired) electrons. The van der Waals surface area contributed by atoms with Crippen LogP contribution >= 0.6 is 0 Å². The Morgan fingerprint density at radius 1 is 1.00 bits per heavy atom. The number of rotatable bonds is 3. The molecule has 1 fully saturated rings. The Labute approximate surface area is 156 Å². The van der Waals surface area contributed by atoms with E-state index in [1.54, 1.807) is 0 Å². The summed E-state index contributed by atoms with van der Waals surface area (Å²) in [4.78, 5) is 4.54. The van der Waals surface area contributed by atoms with Crippen LogP contribution in [0.3, 0.4) is 0 Å². The molecule has 0 N–H and O–H groups in total. The van der Waals surface area contributed by atoms with Gasteiger partial charge in [-0.05, 0) is 36.9 Å². The molecule has 2 aromatic rings. The molecule has 3 rings (SSSR count). The number of likely N-dealkylation sites (N-methyl/N-ethyl adjacent to an activating group) is 1. The molecular formula is C21H20F3N3. The minimum Gasteiger partial charge on any atom is -0.369 e. The van der Waals surface area contributed by atoms with Crippen LogP contribution in [0.25, 0.3) is 11.6 Å². The van der Waals surface area contributed by atoms with Crippen molar-refractivity contribution in [2.75, 3.05) is 38.1 Å². The van der Waals surface area contributed by atoms with Gasteiger partial charge in [-0.1, -0.05) is 30.3 Å². The molecular weight excluding hydrogens is 351 g/mol. The first-order valence-electron chi connectivity index (χ1n) is 8.70. The van der Waals surface area contributed by atoms with E-state index in [0.29, 0.717) is 5.56 Å². The molecule has 0 aliphatic carbocycles. The van der Waals surface area contributed by atoms with Crippen molar-refractivity contribution in [3.8, 4) is 6.07 Å². The van der Waals surface area contributed by atoms with Crippen LogP contribution in [0.2, 0.25) is 0 Å². The average Bonchev–Trinajstić information content (AvgIpc) is 2.67. The van der Waals surface area contributed by atoms with Crippen molar-refractivity contribution in [3.63, 3.8) is 0 Å². The van der Waals surface area contributed by atoms with Crippen LogP contribution in [0, 0.1) is 11.3 Å². The van der Waals surface area contributed by atoms with Gasteiger partial charge in [0.1, 0.15) is 0 Å². The Morgan fingerprint density at radius 3 is 2.22 bits per heavy atom. The first kappa shape index (κ1) is 19.0. The van der Waals surface area contributed by atoms with Crippen LogP contribution in [0.5, 0.6) is 0 Å². The van der Waals surface area contributed by atoms with Gasteiger partial charge in [0.15, 0.2) is 0 Å². The van der Waals surface area contributed by atoms with Gasteiger partial charge in [0.05, 0.1) is 17.2 Å². The van der Waals surface area contributed by atoms with Crippen molar-refractivity contribution in [2.24, 2.45) is 0 Å². The summed E-state index contributed by atoms with van der Waals surface area (Å²) in [5.74, 6) is 0. The Bertz CT molecular complexity index is 855. The van der Waals surface area contributed by atoms with Crippen LogP contribution in [0.15, 0.2) is 48.5 Å². The zero-order valence-corrected chi connectivity index (χ0v) is 15.0. The number of nitrogens with zero attached hydrogens (tertiary/aromatic N) is 3. The third kappa shape index (κ3) is 4.50. The molecule has 0 aromatic heterocycles. The molecule has 3 nitrogen and oxygen atoms in total. The zero-order valence-electron chi connectivity index (χ0n) is 15.0. The Hall–Kier alpha value is -2.78. The summed E-state index contributed by atoms with van der Waals surface area (Å²) >= 11 is 0. The van der Waals surface area contributed by atoms with Crippen LogP contribution in [0.1, 0.15) is 16.7 Å². The SMILES string of the molecule is CN1CCN(c2ccc(C=C(C#N)c3ccccc3C(F)(F)F)cc2)CC1. The molecule has 1 aliphatic heterocycles. The molecule has 1 saturated heterocycles. The van der Waals surface area contributed by atoms with Gasteiger partial charge in [0, 0.05) is 37.4 Å². The molecule has 6 heteroatoms. The van der Waals surface area contributed by atoms with Crippen LogP contribution in [-0.4, -0.2) is 38.1 Å². The smallest absolute Gasteiger partial charge is 0.369 e. The average molecular weight is 371 g/mol. The fourth-order valence-electron chi connectivity index (χ4n) is 3.15. The number of allylic oxidation sites excluding steroid dienone is 1. The third-order valence-electron chi connectivity index (χ3n) is 4.72. The van der Waals surface area contributed by atoms with E-state index in [2.05, 4.69) is 16.8 Å². The fraction of sp³-hybridized carbons (Fsp3) is 0.286. The summed E-state index contributed by atoms with van der Waals surface area (Å²) in [6, 6.07) is 14.6. The topological polar surface area (TPSA) is 30.3 Å². The van der Waals surface area contributed by atoms with Crippen molar-refractivity contribution in [1.29, 1.82) is 5.26 Å². The number of alkyl halides is 3. The highest BCUT2D eigenvalue weighted by atomic mass is 19.4. The normalized spacial score (nSPS) is 16.3. The number of benzene rings is 2. The molecule has 0 unspecified atom stereocenters. The molecule has 0 atom stereocenters. The maximum absolute atomic E-state index is 13.2. The molecule has 1 aliphatic rings. The van der Waals surface area contributed by atoms with E-state index in [4.69, 9.17) is 0 Å². The lowest BCUT2D eigenvalue weighted by Crippen LogP contribution is -2.44. The Balaban J connectivity index is 1.86. The highest BCUT2D eigenvalue weighted by Crippen LogP contribution is 2.35. The lowest BCUT2D eigenvalue weighted by atomic mass is 9.98. The Kier molecular flexibility index (Phi) is 5.52. The maximum Gasteiger partial charge on any atom is 0.417 e. The van der Waals surface area contributed by atoms with E-state index in [0.717, 1.165) is 37.9 Å². The lowest BCUT2D eigenvalue weighted by molar-refractivity contribution is -0.137. The van der Waals surface area contributed by atoms with Gasteiger partial charge in [-0.15, -0.1) is 0 Å². The maximum atomic E-state index is 13.2. The number of nitriles is 1. The minimum absolute atomic E-state index is 0.00438. The molecule has 0 saturated carbocycles. The first-order chi connectivity index (χ1) is 12.9. The fourth-order valence-corrected chi connectivity index (χ4v) is 3.15. The molecule has 0 amide bonds. The van der Waals surface area contributed by atoms with Gasteiger partial charge in [-0.2, -0.15) is 18.4 Å². The zero-order chi connectivity index (χ0) is 19.4. The van der Waals surface area contributed by atoms with Gasteiger partial charge in [0.2, 0.25) is 0 Å². The molecule has 2 aromatic carbocycles. The van der Waals surface area contributed by atoms with Crippen molar-refractivity contribution in [1.82, 2.24) is 4.90 Å². The second-order valence-corrected chi connectivity index (χ2v) is 6.60. The van der Waals surface area contributed by atoms with Gasteiger partial charge >= 0.3 is 6.18 Å². The van der Waals surface area contributed by atoms with Crippen molar-refractivity contribution >= 4 is 17.3 Å². The molecule has 27 heavy (non-hydrogen) atoms. The van der Waals surface area contributed by atoms with Gasteiger partial charge in [-0.3, -0.25) is 0 Å². The van der Waals surface area contributed by atoms with Crippen molar-refractivity contribution < 1.29 is 13.2 Å². The van der Waals surface area contributed by atoms with E-state index >= 15 is 0 Å². The predicted molar refractivity (Wildman–Crippen MR) is 101 cm³/mol. The summed E-state index contributed by atoms with van der Waals surface area (Å²) < 4.78 is 39.7. The van der Waals surface area contributed by atoms with Crippen molar-refractivity contribution in [3.05, 3.63) is 65.2 Å². The van der Waals surface area contributed by atoms with E-state index in [9.17, 15) is 18.4 Å². The highest BCUT2D eigenvalue weighted by Gasteiger charge is 2.33. The number of anilines is 1. The van der Waals surface area contributed by atoms with Crippen LogP contribution in [0.4, 0.5) is 18.9 Å². The summed E-state index contributed by atoms with van der Waals surface area (Å²) in [5, 5.41) is 9.42. The largest absolute Gasteiger partial charge is 0.417 e. The van der Waals surface area contributed by atoms with Gasteiger partial charge < -0.3 is 9.80 Å². The van der Waals surface area contributed by atoms with E-state index in [1.165, 1.54) is 24.3 Å². The standard InChI is InChI=1S/C21H20F3N3/c1-26-10-12-27(13-11-26)18-8-6-16(7-9-18)14-17(15-25)19-4-2-3-5-20(19)21(22,23)24/h2-9,14H,10-13H2,1H3. The summed E-state index contributed by atoms with van der Waals surface area (Å²) in [5.41, 5.74) is 0.869. The second kappa shape index (κ2) is 7.85. The number of hydrogen-bond acceptors (Lipinski definition) is 3.